The zero-order chi connectivity index (χ0) is 18.3. The Morgan fingerprint density at radius 1 is 1.12 bits per heavy atom. The fourth-order valence-electron chi connectivity index (χ4n) is 3.53. The van der Waals surface area contributed by atoms with Crippen LogP contribution in [-0.2, 0) is 12.8 Å². The van der Waals surface area contributed by atoms with Gasteiger partial charge in [0.15, 0.2) is 0 Å². The summed E-state index contributed by atoms with van der Waals surface area (Å²) in [4.78, 5) is 18.2. The van der Waals surface area contributed by atoms with Crippen LogP contribution in [0, 0.1) is 0 Å². The lowest BCUT2D eigenvalue weighted by atomic mass is 10.0. The molecule has 0 spiro atoms. The number of aryl methyl sites for hydroxylation is 1. The number of rotatable bonds is 4. The van der Waals surface area contributed by atoms with Crippen molar-refractivity contribution in [3.63, 3.8) is 0 Å². The van der Waals surface area contributed by atoms with E-state index >= 15 is 0 Å². The summed E-state index contributed by atoms with van der Waals surface area (Å²) in [6.07, 6.45) is 3.02. The fourth-order valence-corrected chi connectivity index (χ4v) is 3.53. The standard InChI is InChI=1S/C21H21N3O2/c1-24(2)15-9-7-14(8-10-15)22-20-16-4-3-5-18(16)23-19-11-6-13(21(25)26)12-17(19)20/h6-12H,3-5H2,1-2H3,(H,22,23)(H,25,26). The molecule has 2 aromatic carbocycles. The van der Waals surface area contributed by atoms with E-state index in [9.17, 15) is 9.90 Å². The molecule has 0 saturated carbocycles. The van der Waals surface area contributed by atoms with Crippen LogP contribution < -0.4 is 10.2 Å². The van der Waals surface area contributed by atoms with Crippen LogP contribution in [0.3, 0.4) is 0 Å². The highest BCUT2D eigenvalue weighted by Gasteiger charge is 2.20. The topological polar surface area (TPSA) is 65.5 Å². The average Bonchev–Trinajstić information content (AvgIpc) is 3.09. The van der Waals surface area contributed by atoms with E-state index in [0.717, 1.165) is 52.9 Å². The molecule has 1 aliphatic carbocycles. The average molecular weight is 347 g/mol. The number of carboxylic acids is 1. The van der Waals surface area contributed by atoms with Crippen molar-refractivity contribution in [2.75, 3.05) is 24.3 Å². The number of carbonyl (C=O) groups is 1. The van der Waals surface area contributed by atoms with Crippen molar-refractivity contribution >= 4 is 33.9 Å². The number of nitrogens with one attached hydrogen (secondary N) is 1. The van der Waals surface area contributed by atoms with Gasteiger partial charge in [0.2, 0.25) is 0 Å². The van der Waals surface area contributed by atoms with Crippen molar-refractivity contribution in [3.8, 4) is 0 Å². The number of nitrogens with zero attached hydrogens (tertiary/aromatic N) is 2. The predicted molar refractivity (Wildman–Crippen MR) is 105 cm³/mol. The van der Waals surface area contributed by atoms with Crippen molar-refractivity contribution in [3.05, 3.63) is 59.3 Å². The summed E-state index contributed by atoms with van der Waals surface area (Å²) < 4.78 is 0. The van der Waals surface area contributed by atoms with E-state index in [2.05, 4.69) is 22.3 Å². The molecule has 5 nitrogen and oxygen atoms in total. The minimum atomic E-state index is -0.923. The van der Waals surface area contributed by atoms with E-state index in [1.165, 1.54) is 5.56 Å². The van der Waals surface area contributed by atoms with Crippen molar-refractivity contribution < 1.29 is 9.90 Å². The number of hydrogen-bond acceptors (Lipinski definition) is 4. The number of pyridine rings is 1. The number of anilines is 3. The molecule has 3 aromatic rings. The molecule has 1 heterocycles. The second-order valence-corrected chi connectivity index (χ2v) is 6.87. The number of carboxylic acid groups (broad SMARTS) is 1. The Hall–Kier alpha value is -3.08. The molecule has 0 amide bonds. The molecule has 0 aliphatic heterocycles. The second-order valence-electron chi connectivity index (χ2n) is 6.87. The van der Waals surface area contributed by atoms with Crippen LogP contribution >= 0.6 is 0 Å². The Bertz CT molecular complexity index is 994. The SMILES string of the molecule is CN(C)c1ccc(Nc2c3c(nc4ccc(C(=O)O)cc24)CCC3)cc1. The molecular formula is C21H21N3O2. The van der Waals surface area contributed by atoms with E-state index in [-0.39, 0.29) is 5.56 Å². The summed E-state index contributed by atoms with van der Waals surface area (Å²) in [5, 5.41) is 13.7. The molecule has 5 heteroatoms. The summed E-state index contributed by atoms with van der Waals surface area (Å²) in [6.45, 7) is 0. The number of hydrogen-bond donors (Lipinski definition) is 2. The Morgan fingerprint density at radius 2 is 1.88 bits per heavy atom. The Labute approximate surface area is 152 Å². The third kappa shape index (κ3) is 2.86. The minimum Gasteiger partial charge on any atom is -0.478 e. The van der Waals surface area contributed by atoms with Crippen LogP contribution in [0.25, 0.3) is 10.9 Å². The van der Waals surface area contributed by atoms with Gasteiger partial charge in [0.25, 0.3) is 0 Å². The Kier molecular flexibility index (Phi) is 3.99. The quantitative estimate of drug-likeness (QED) is 0.739. The number of fused-ring (bicyclic) bond motifs is 2. The predicted octanol–water partition coefficient (Wildman–Crippen LogP) is 4.23. The van der Waals surface area contributed by atoms with E-state index in [1.54, 1.807) is 18.2 Å². The zero-order valence-corrected chi connectivity index (χ0v) is 14.9. The number of benzene rings is 2. The summed E-state index contributed by atoms with van der Waals surface area (Å²) in [6, 6.07) is 13.4. The molecule has 2 N–H and O–H groups in total. The van der Waals surface area contributed by atoms with E-state index in [4.69, 9.17) is 4.98 Å². The van der Waals surface area contributed by atoms with Crippen LogP contribution in [-0.4, -0.2) is 30.2 Å². The summed E-state index contributed by atoms with van der Waals surface area (Å²) >= 11 is 0. The van der Waals surface area contributed by atoms with Gasteiger partial charge in [0.1, 0.15) is 0 Å². The monoisotopic (exact) mass is 347 g/mol. The maximum atomic E-state index is 11.4. The third-order valence-electron chi connectivity index (χ3n) is 4.91. The molecule has 0 bridgehead atoms. The number of aromatic carboxylic acids is 1. The van der Waals surface area contributed by atoms with Gasteiger partial charge < -0.3 is 15.3 Å². The largest absolute Gasteiger partial charge is 0.478 e. The second kappa shape index (κ2) is 6.33. The van der Waals surface area contributed by atoms with Gasteiger partial charge in [-0.05, 0) is 67.3 Å². The lowest BCUT2D eigenvalue weighted by Crippen LogP contribution is -2.08. The van der Waals surface area contributed by atoms with Gasteiger partial charge >= 0.3 is 5.97 Å². The first-order chi connectivity index (χ1) is 12.5. The van der Waals surface area contributed by atoms with E-state index in [1.807, 2.05) is 26.2 Å². The first-order valence-corrected chi connectivity index (χ1v) is 8.76. The van der Waals surface area contributed by atoms with Crippen molar-refractivity contribution in [2.45, 2.75) is 19.3 Å². The van der Waals surface area contributed by atoms with Gasteiger partial charge in [0.05, 0.1) is 16.8 Å². The Balaban J connectivity index is 1.83. The van der Waals surface area contributed by atoms with Gasteiger partial charge in [-0.3, -0.25) is 4.98 Å². The van der Waals surface area contributed by atoms with Crippen LogP contribution in [0.2, 0.25) is 0 Å². The van der Waals surface area contributed by atoms with Gasteiger partial charge in [-0.25, -0.2) is 4.79 Å². The first-order valence-electron chi connectivity index (χ1n) is 8.76. The smallest absolute Gasteiger partial charge is 0.335 e. The van der Waals surface area contributed by atoms with Gasteiger partial charge in [-0.15, -0.1) is 0 Å². The molecule has 0 unspecified atom stereocenters. The van der Waals surface area contributed by atoms with Crippen LogP contribution in [0.15, 0.2) is 42.5 Å². The molecule has 0 fully saturated rings. The molecule has 0 atom stereocenters. The van der Waals surface area contributed by atoms with Gasteiger partial charge in [-0.2, -0.15) is 0 Å². The van der Waals surface area contributed by atoms with E-state index in [0.29, 0.717) is 0 Å². The van der Waals surface area contributed by atoms with E-state index < -0.39 is 5.97 Å². The molecular weight excluding hydrogens is 326 g/mol. The van der Waals surface area contributed by atoms with Crippen molar-refractivity contribution in [2.24, 2.45) is 0 Å². The van der Waals surface area contributed by atoms with Crippen molar-refractivity contribution in [1.29, 1.82) is 0 Å². The molecule has 4 rings (SSSR count). The van der Waals surface area contributed by atoms with Crippen LogP contribution in [0.1, 0.15) is 28.0 Å². The first kappa shape index (κ1) is 16.4. The fraction of sp³-hybridized carbons (Fsp3) is 0.238. The van der Waals surface area contributed by atoms with Gasteiger partial charge in [-0.1, -0.05) is 0 Å². The maximum absolute atomic E-state index is 11.4. The highest BCUT2D eigenvalue weighted by Crippen LogP contribution is 2.36. The maximum Gasteiger partial charge on any atom is 0.335 e. The normalized spacial score (nSPS) is 12.8. The molecule has 0 saturated heterocycles. The zero-order valence-electron chi connectivity index (χ0n) is 14.9. The summed E-state index contributed by atoms with van der Waals surface area (Å²) in [5.41, 5.74) is 6.55. The van der Waals surface area contributed by atoms with Crippen LogP contribution in [0.5, 0.6) is 0 Å². The molecule has 132 valence electrons. The summed E-state index contributed by atoms with van der Waals surface area (Å²) in [7, 11) is 4.03. The lowest BCUT2D eigenvalue weighted by molar-refractivity contribution is 0.0697. The molecule has 1 aromatic heterocycles. The third-order valence-corrected chi connectivity index (χ3v) is 4.91. The minimum absolute atomic E-state index is 0.281. The lowest BCUT2D eigenvalue weighted by Gasteiger charge is -2.17. The Morgan fingerprint density at radius 3 is 2.58 bits per heavy atom. The van der Waals surface area contributed by atoms with Gasteiger partial charge in [0, 0.05) is 36.6 Å². The van der Waals surface area contributed by atoms with Crippen LogP contribution in [0.4, 0.5) is 17.1 Å². The molecule has 26 heavy (non-hydrogen) atoms. The highest BCUT2D eigenvalue weighted by atomic mass is 16.4. The van der Waals surface area contributed by atoms with Crippen molar-refractivity contribution in [1.82, 2.24) is 4.98 Å². The molecule has 0 radical (unpaired) electrons. The summed E-state index contributed by atoms with van der Waals surface area (Å²) in [5.74, 6) is -0.923. The molecule has 1 aliphatic rings. The highest BCUT2D eigenvalue weighted by molar-refractivity contribution is 6.00. The number of aromatic nitrogens is 1.